The van der Waals surface area contributed by atoms with E-state index >= 15 is 0 Å². The van der Waals surface area contributed by atoms with E-state index in [-0.39, 0.29) is 0 Å². The van der Waals surface area contributed by atoms with Crippen LogP contribution < -0.4 is 19.7 Å². The summed E-state index contributed by atoms with van der Waals surface area (Å²) in [6.45, 7) is 2.19. The van der Waals surface area contributed by atoms with Crippen molar-refractivity contribution in [2.45, 2.75) is 0 Å². The van der Waals surface area contributed by atoms with Crippen LogP contribution in [0.1, 0.15) is 0 Å². The first kappa shape index (κ1) is 10.6. The Hall–Kier alpha value is -2.36. The molecule has 4 nitrogen and oxygen atoms in total. The quantitative estimate of drug-likeness (QED) is 0.848. The molecule has 0 fully saturated rings. The van der Waals surface area contributed by atoms with Crippen LogP contribution in [-0.4, -0.2) is 19.9 Å². The molecule has 0 aliphatic carbocycles. The number of anilines is 3. The second kappa shape index (κ2) is 4.09. The highest BCUT2D eigenvalue weighted by Gasteiger charge is 2.20. The van der Waals surface area contributed by atoms with E-state index in [9.17, 15) is 0 Å². The van der Waals surface area contributed by atoms with E-state index in [4.69, 9.17) is 9.47 Å². The Morgan fingerprint density at radius 2 is 1.89 bits per heavy atom. The van der Waals surface area contributed by atoms with Gasteiger partial charge in [-0.2, -0.15) is 0 Å². The van der Waals surface area contributed by atoms with E-state index < -0.39 is 0 Å². The van der Waals surface area contributed by atoms with Crippen LogP contribution in [0.3, 0.4) is 0 Å². The fraction of sp³-hybridized carbons (Fsp3) is 0.200. The molecule has 2 aromatic rings. The van der Waals surface area contributed by atoms with Crippen LogP contribution in [0.4, 0.5) is 17.1 Å². The predicted octanol–water partition coefficient (Wildman–Crippen LogP) is 2.98. The molecule has 4 heteroatoms. The maximum absolute atomic E-state index is 5.45. The Morgan fingerprint density at radius 3 is 2.89 bits per heavy atom. The van der Waals surface area contributed by atoms with Crippen LogP contribution in [-0.2, 0) is 0 Å². The Kier molecular flexibility index (Phi) is 2.27. The summed E-state index contributed by atoms with van der Waals surface area (Å²) in [7, 11) is 0. The lowest BCUT2D eigenvalue weighted by atomic mass is 10.1. The van der Waals surface area contributed by atoms with Crippen molar-refractivity contribution < 1.29 is 9.47 Å². The molecule has 1 N–H and O–H groups in total. The minimum Gasteiger partial charge on any atom is -0.454 e. The zero-order chi connectivity index (χ0) is 12.7. The van der Waals surface area contributed by atoms with Gasteiger partial charge in [-0.05, 0) is 24.3 Å². The first-order valence-electron chi connectivity index (χ1n) is 6.42. The standard InChI is InChI=1S/C15H14N2O2/c1-2-4-13-12(3-1)16-7-8-17(13)11-5-6-14-15(9-11)19-10-18-14/h1-6,9,16H,7-8,10H2. The highest BCUT2D eigenvalue weighted by Crippen LogP contribution is 2.40. The molecular weight excluding hydrogens is 240 g/mol. The van der Waals surface area contributed by atoms with Gasteiger partial charge in [0, 0.05) is 24.8 Å². The van der Waals surface area contributed by atoms with Crippen LogP contribution in [0.15, 0.2) is 42.5 Å². The van der Waals surface area contributed by atoms with E-state index in [0.717, 1.165) is 30.3 Å². The number of para-hydroxylation sites is 2. The SMILES string of the molecule is c1ccc2c(c1)NCCN2c1ccc2c(c1)OCO2. The van der Waals surface area contributed by atoms with Crippen molar-refractivity contribution in [1.82, 2.24) is 0 Å². The molecule has 0 bridgehead atoms. The van der Waals surface area contributed by atoms with Crippen LogP contribution in [0, 0.1) is 0 Å². The van der Waals surface area contributed by atoms with Crippen molar-refractivity contribution in [3.8, 4) is 11.5 Å². The fourth-order valence-electron chi connectivity index (χ4n) is 2.60. The molecule has 4 rings (SSSR count). The molecule has 19 heavy (non-hydrogen) atoms. The molecule has 0 amide bonds. The number of hydrogen-bond donors (Lipinski definition) is 1. The fourth-order valence-corrected chi connectivity index (χ4v) is 2.60. The number of rotatable bonds is 1. The largest absolute Gasteiger partial charge is 0.454 e. The molecule has 0 spiro atoms. The third-order valence-electron chi connectivity index (χ3n) is 3.51. The molecule has 0 atom stereocenters. The summed E-state index contributed by atoms with van der Waals surface area (Å²) in [5.41, 5.74) is 3.51. The Morgan fingerprint density at radius 1 is 1.00 bits per heavy atom. The van der Waals surface area contributed by atoms with Gasteiger partial charge >= 0.3 is 0 Å². The van der Waals surface area contributed by atoms with E-state index in [1.807, 2.05) is 12.1 Å². The Balaban J connectivity index is 1.77. The molecule has 0 aromatic heterocycles. The number of ether oxygens (including phenoxy) is 2. The lowest BCUT2D eigenvalue weighted by Crippen LogP contribution is -2.29. The summed E-state index contributed by atoms with van der Waals surface area (Å²) >= 11 is 0. The number of hydrogen-bond acceptors (Lipinski definition) is 4. The van der Waals surface area contributed by atoms with Crippen molar-refractivity contribution in [1.29, 1.82) is 0 Å². The lowest BCUT2D eigenvalue weighted by molar-refractivity contribution is 0.174. The summed E-state index contributed by atoms with van der Waals surface area (Å²) in [6, 6.07) is 14.4. The smallest absolute Gasteiger partial charge is 0.231 e. The molecule has 2 aromatic carbocycles. The van der Waals surface area contributed by atoms with E-state index in [1.54, 1.807) is 0 Å². The minimum absolute atomic E-state index is 0.316. The molecular formula is C15H14N2O2. The maximum Gasteiger partial charge on any atom is 0.231 e. The van der Waals surface area contributed by atoms with Crippen molar-refractivity contribution in [3.63, 3.8) is 0 Å². The minimum atomic E-state index is 0.316. The molecule has 0 radical (unpaired) electrons. The summed E-state index contributed by atoms with van der Waals surface area (Å²) < 4.78 is 10.8. The number of nitrogens with one attached hydrogen (secondary N) is 1. The van der Waals surface area contributed by atoms with Gasteiger partial charge in [-0.25, -0.2) is 0 Å². The number of benzene rings is 2. The van der Waals surface area contributed by atoms with Gasteiger partial charge in [0.05, 0.1) is 11.4 Å². The van der Waals surface area contributed by atoms with E-state index in [1.165, 1.54) is 11.4 Å². The highest BCUT2D eigenvalue weighted by molar-refractivity contribution is 5.79. The van der Waals surface area contributed by atoms with Crippen LogP contribution in [0.5, 0.6) is 11.5 Å². The van der Waals surface area contributed by atoms with Crippen molar-refractivity contribution in [2.24, 2.45) is 0 Å². The van der Waals surface area contributed by atoms with Crippen LogP contribution in [0.25, 0.3) is 0 Å². The summed E-state index contributed by atoms with van der Waals surface area (Å²) in [4.78, 5) is 2.30. The summed E-state index contributed by atoms with van der Waals surface area (Å²) in [5, 5.41) is 3.42. The van der Waals surface area contributed by atoms with Gasteiger partial charge < -0.3 is 19.7 Å². The van der Waals surface area contributed by atoms with Gasteiger partial charge in [0.1, 0.15) is 0 Å². The van der Waals surface area contributed by atoms with Gasteiger partial charge in [-0.3, -0.25) is 0 Å². The average Bonchev–Trinajstić information content (AvgIpc) is 2.94. The third-order valence-corrected chi connectivity index (χ3v) is 3.51. The van der Waals surface area contributed by atoms with Crippen molar-refractivity contribution in [2.75, 3.05) is 30.1 Å². The lowest BCUT2D eigenvalue weighted by Gasteiger charge is -2.32. The molecule has 0 unspecified atom stereocenters. The molecule has 2 aliphatic rings. The third kappa shape index (κ3) is 1.68. The topological polar surface area (TPSA) is 33.7 Å². The van der Waals surface area contributed by atoms with Gasteiger partial charge in [-0.1, -0.05) is 12.1 Å². The Bertz CT molecular complexity index is 627. The Labute approximate surface area is 111 Å². The summed E-state index contributed by atoms with van der Waals surface area (Å²) in [6.07, 6.45) is 0. The molecule has 0 saturated carbocycles. The maximum atomic E-state index is 5.45. The number of nitrogens with zero attached hydrogens (tertiary/aromatic N) is 1. The average molecular weight is 254 g/mol. The molecule has 2 heterocycles. The van der Waals surface area contributed by atoms with Crippen LogP contribution in [0.2, 0.25) is 0 Å². The first-order chi connectivity index (χ1) is 9.42. The normalized spacial score (nSPS) is 15.9. The van der Waals surface area contributed by atoms with E-state index in [2.05, 4.69) is 40.5 Å². The van der Waals surface area contributed by atoms with Crippen LogP contribution >= 0.6 is 0 Å². The van der Waals surface area contributed by atoms with Gasteiger partial charge in [0.25, 0.3) is 0 Å². The monoisotopic (exact) mass is 254 g/mol. The first-order valence-corrected chi connectivity index (χ1v) is 6.42. The zero-order valence-electron chi connectivity index (χ0n) is 10.4. The molecule has 96 valence electrons. The predicted molar refractivity (Wildman–Crippen MR) is 74.5 cm³/mol. The van der Waals surface area contributed by atoms with Crippen molar-refractivity contribution >= 4 is 17.1 Å². The van der Waals surface area contributed by atoms with Gasteiger partial charge in [0.2, 0.25) is 6.79 Å². The van der Waals surface area contributed by atoms with Crippen molar-refractivity contribution in [3.05, 3.63) is 42.5 Å². The molecule has 0 saturated heterocycles. The number of fused-ring (bicyclic) bond motifs is 2. The molecule has 2 aliphatic heterocycles. The van der Waals surface area contributed by atoms with E-state index in [0.29, 0.717) is 6.79 Å². The highest BCUT2D eigenvalue weighted by atomic mass is 16.7. The summed E-state index contributed by atoms with van der Waals surface area (Å²) in [5.74, 6) is 1.65. The van der Waals surface area contributed by atoms with Gasteiger partial charge in [-0.15, -0.1) is 0 Å². The van der Waals surface area contributed by atoms with Gasteiger partial charge in [0.15, 0.2) is 11.5 Å². The second-order valence-corrected chi connectivity index (χ2v) is 4.63. The zero-order valence-corrected chi connectivity index (χ0v) is 10.4. The second-order valence-electron chi connectivity index (χ2n) is 4.63.